The molecule has 0 heterocycles. The molecule has 1 amide bonds. The number of rotatable bonds is 13. The van der Waals surface area contributed by atoms with Crippen LogP contribution in [0.5, 0.6) is 0 Å². The normalized spacial score (nSPS) is 13.8. The van der Waals surface area contributed by atoms with Crippen LogP contribution in [0.3, 0.4) is 0 Å². The molecule has 0 aliphatic heterocycles. The van der Waals surface area contributed by atoms with E-state index in [0.717, 1.165) is 0 Å². The van der Waals surface area contributed by atoms with Crippen molar-refractivity contribution in [2.24, 2.45) is 0 Å². The van der Waals surface area contributed by atoms with Crippen molar-refractivity contribution in [1.29, 1.82) is 0 Å². The quantitative estimate of drug-likeness (QED) is 0.328. The second kappa shape index (κ2) is 12.9. The Hall–Kier alpha value is -1.21. The molecule has 0 saturated heterocycles. The number of hydrogen-bond acceptors (Lipinski definition) is 8. The van der Waals surface area contributed by atoms with Gasteiger partial charge >= 0.3 is 21.3 Å². The number of carbonyl (C=O) groups excluding carboxylic acids is 1. The lowest BCUT2D eigenvalue weighted by molar-refractivity contribution is 0.0502. The zero-order valence-electron chi connectivity index (χ0n) is 20.0. The molecule has 0 saturated carbocycles. The maximum absolute atomic E-state index is 14.0. The standard InChI is InChI=1S/C21H37NO8P2/c1-8-26-31(24,27-9-2)19(32(25,28-10-3)29-11-4)18(17-15-13-12-14-16-17)22-20(23)30-21(5,6)7/h12-16,18-19H,8-11H2,1-7H3,(H,22,23). The monoisotopic (exact) mass is 493 g/mol. The SMILES string of the molecule is CCOP(=O)(OCC)C(C(NC(=O)OC(C)(C)C)c1ccccc1)P(=O)(OCC)OCC. The fourth-order valence-corrected chi connectivity index (χ4v) is 8.67. The highest BCUT2D eigenvalue weighted by atomic mass is 31.2. The predicted molar refractivity (Wildman–Crippen MR) is 124 cm³/mol. The van der Waals surface area contributed by atoms with E-state index in [2.05, 4.69) is 5.32 Å². The molecule has 0 aliphatic carbocycles. The van der Waals surface area contributed by atoms with E-state index < -0.39 is 38.3 Å². The maximum atomic E-state index is 14.0. The van der Waals surface area contributed by atoms with Crippen LogP contribution in [-0.2, 0) is 32.0 Å². The van der Waals surface area contributed by atoms with E-state index in [0.29, 0.717) is 5.56 Å². The molecule has 0 spiro atoms. The van der Waals surface area contributed by atoms with Crippen LogP contribution < -0.4 is 5.32 Å². The van der Waals surface area contributed by atoms with Gasteiger partial charge in [-0.25, -0.2) is 4.79 Å². The van der Waals surface area contributed by atoms with Crippen molar-refractivity contribution in [3.63, 3.8) is 0 Å². The van der Waals surface area contributed by atoms with Crippen molar-refractivity contribution in [1.82, 2.24) is 5.32 Å². The number of hydrogen-bond donors (Lipinski definition) is 1. The van der Waals surface area contributed by atoms with Crippen LogP contribution in [0.1, 0.15) is 60.1 Å². The lowest BCUT2D eigenvalue weighted by Crippen LogP contribution is -2.40. The minimum Gasteiger partial charge on any atom is -0.444 e. The molecule has 0 aliphatic rings. The van der Waals surface area contributed by atoms with Gasteiger partial charge in [0.2, 0.25) is 0 Å². The highest BCUT2D eigenvalue weighted by molar-refractivity contribution is 7.72. The first-order valence-corrected chi connectivity index (χ1v) is 14.0. The summed E-state index contributed by atoms with van der Waals surface area (Å²) in [6.45, 7) is 11.9. The Balaban J connectivity index is 3.73. The number of nitrogens with one attached hydrogen (secondary N) is 1. The molecule has 11 heteroatoms. The zero-order chi connectivity index (χ0) is 24.4. The molecule has 32 heavy (non-hydrogen) atoms. The summed E-state index contributed by atoms with van der Waals surface area (Å²) in [5.74, 6) is 0. The Morgan fingerprint density at radius 2 is 1.25 bits per heavy atom. The Morgan fingerprint density at radius 3 is 1.59 bits per heavy atom. The van der Waals surface area contributed by atoms with Gasteiger partial charge in [-0.05, 0) is 54.0 Å². The number of carbonyl (C=O) groups is 1. The number of ether oxygens (including phenoxy) is 1. The zero-order valence-corrected chi connectivity index (χ0v) is 21.8. The Bertz CT molecular complexity index is 747. The van der Waals surface area contributed by atoms with Crippen molar-refractivity contribution < 1.29 is 36.8 Å². The summed E-state index contributed by atoms with van der Waals surface area (Å²) in [5.41, 5.74) is -0.268. The summed E-state index contributed by atoms with van der Waals surface area (Å²) in [5, 5.41) is 1.24. The molecule has 1 aromatic carbocycles. The number of amides is 1. The molecular formula is C21H37NO8P2. The van der Waals surface area contributed by atoms with E-state index in [1.165, 1.54) is 0 Å². The van der Waals surface area contributed by atoms with Gasteiger partial charge in [0.05, 0.1) is 32.5 Å². The van der Waals surface area contributed by atoms with Gasteiger partial charge in [0.1, 0.15) is 5.60 Å². The highest BCUT2D eigenvalue weighted by Crippen LogP contribution is 2.73. The minimum atomic E-state index is -4.12. The van der Waals surface area contributed by atoms with Gasteiger partial charge in [0, 0.05) is 0 Å². The van der Waals surface area contributed by atoms with E-state index in [9.17, 15) is 13.9 Å². The highest BCUT2D eigenvalue weighted by Gasteiger charge is 2.56. The number of benzene rings is 1. The summed E-state index contributed by atoms with van der Waals surface area (Å²) in [7, 11) is -8.25. The van der Waals surface area contributed by atoms with E-state index >= 15 is 0 Å². The third-order valence-electron chi connectivity index (χ3n) is 4.01. The van der Waals surface area contributed by atoms with Gasteiger partial charge in [-0.15, -0.1) is 0 Å². The van der Waals surface area contributed by atoms with Gasteiger partial charge in [-0.1, -0.05) is 30.3 Å². The fraction of sp³-hybridized carbons (Fsp3) is 0.667. The molecule has 1 atom stereocenters. The largest absolute Gasteiger partial charge is 0.444 e. The Kier molecular flexibility index (Phi) is 11.6. The van der Waals surface area contributed by atoms with E-state index in [4.69, 9.17) is 22.8 Å². The molecule has 0 fully saturated rings. The molecular weight excluding hydrogens is 456 g/mol. The lowest BCUT2D eigenvalue weighted by Gasteiger charge is -2.36. The molecule has 1 N–H and O–H groups in total. The van der Waals surface area contributed by atoms with Crippen LogP contribution in [0.2, 0.25) is 0 Å². The molecule has 1 unspecified atom stereocenters. The molecule has 1 aromatic rings. The van der Waals surface area contributed by atoms with Crippen LogP contribution in [0, 0.1) is 0 Å². The summed E-state index contributed by atoms with van der Waals surface area (Å²) in [6, 6.07) is 7.58. The van der Waals surface area contributed by atoms with Crippen molar-refractivity contribution in [3.8, 4) is 0 Å². The summed E-state index contributed by atoms with van der Waals surface area (Å²) in [4.78, 5) is 12.8. The van der Waals surface area contributed by atoms with Gasteiger partial charge in [-0.2, -0.15) is 0 Å². The molecule has 9 nitrogen and oxygen atoms in total. The van der Waals surface area contributed by atoms with Gasteiger partial charge < -0.3 is 28.1 Å². The third-order valence-corrected chi connectivity index (χ3v) is 10.1. The first kappa shape index (κ1) is 28.8. The maximum Gasteiger partial charge on any atom is 0.408 e. The van der Waals surface area contributed by atoms with E-state index in [-0.39, 0.29) is 26.4 Å². The van der Waals surface area contributed by atoms with Crippen LogP contribution in [0.15, 0.2) is 30.3 Å². The third kappa shape index (κ3) is 8.29. The average molecular weight is 493 g/mol. The molecule has 0 bridgehead atoms. The summed E-state index contributed by atoms with van der Waals surface area (Å²) < 4.78 is 55.7. The predicted octanol–water partition coefficient (Wildman–Crippen LogP) is 6.11. The average Bonchev–Trinajstić information content (AvgIpc) is 2.67. The van der Waals surface area contributed by atoms with Crippen molar-refractivity contribution in [2.75, 3.05) is 26.4 Å². The van der Waals surface area contributed by atoms with E-state index in [1.807, 2.05) is 0 Å². The first-order chi connectivity index (χ1) is 15.0. The van der Waals surface area contributed by atoms with Crippen LogP contribution in [-0.4, -0.2) is 43.5 Å². The number of alkyl carbamates (subject to hydrolysis) is 1. The van der Waals surface area contributed by atoms with Gasteiger partial charge in [-0.3, -0.25) is 9.13 Å². The fourth-order valence-electron chi connectivity index (χ4n) is 3.06. The molecule has 0 aromatic heterocycles. The molecule has 1 rings (SSSR count). The smallest absolute Gasteiger partial charge is 0.408 e. The van der Waals surface area contributed by atoms with Crippen LogP contribution in [0.25, 0.3) is 0 Å². The minimum absolute atomic E-state index is 0.0278. The van der Waals surface area contributed by atoms with E-state index in [1.54, 1.807) is 78.8 Å². The molecule has 184 valence electrons. The summed E-state index contributed by atoms with van der Waals surface area (Å²) in [6.07, 6.45) is -0.782. The van der Waals surface area contributed by atoms with Crippen LogP contribution >= 0.6 is 15.2 Å². The second-order valence-corrected chi connectivity index (χ2v) is 12.4. The Labute approximate surface area is 191 Å². The topological polar surface area (TPSA) is 109 Å². The molecule has 0 radical (unpaired) electrons. The van der Waals surface area contributed by atoms with Crippen molar-refractivity contribution >= 4 is 21.3 Å². The van der Waals surface area contributed by atoms with Gasteiger partial charge in [0.25, 0.3) is 0 Å². The van der Waals surface area contributed by atoms with Crippen molar-refractivity contribution in [3.05, 3.63) is 35.9 Å². The van der Waals surface area contributed by atoms with Gasteiger partial charge in [0.15, 0.2) is 5.40 Å². The van der Waals surface area contributed by atoms with Crippen LogP contribution in [0.4, 0.5) is 4.79 Å². The second-order valence-electron chi connectivity index (χ2n) is 7.70. The Morgan fingerprint density at radius 1 is 0.844 bits per heavy atom. The van der Waals surface area contributed by atoms with Crippen molar-refractivity contribution in [2.45, 2.75) is 65.5 Å². The first-order valence-electron chi connectivity index (χ1n) is 10.8. The lowest BCUT2D eigenvalue weighted by atomic mass is 10.1. The summed E-state index contributed by atoms with van der Waals surface area (Å²) >= 11 is 0.